The van der Waals surface area contributed by atoms with E-state index in [0.29, 0.717) is 11.1 Å². The van der Waals surface area contributed by atoms with Gasteiger partial charge in [0.2, 0.25) is 11.9 Å². The first-order valence-corrected chi connectivity index (χ1v) is 9.25. The van der Waals surface area contributed by atoms with Gasteiger partial charge < -0.3 is 16.0 Å². The summed E-state index contributed by atoms with van der Waals surface area (Å²) in [4.78, 5) is 29.5. The molecule has 1 fully saturated rings. The normalized spacial score (nSPS) is 16.6. The van der Waals surface area contributed by atoms with Crippen LogP contribution in [0.3, 0.4) is 0 Å². The molecule has 1 unspecified atom stereocenters. The molecule has 8 nitrogen and oxygen atoms in total. The molecule has 1 aliphatic heterocycles. The third kappa shape index (κ3) is 4.23. The zero-order chi connectivity index (χ0) is 17.8. The van der Waals surface area contributed by atoms with E-state index in [0.717, 1.165) is 44.1 Å². The minimum absolute atomic E-state index is 0.00743. The van der Waals surface area contributed by atoms with Crippen LogP contribution in [0.5, 0.6) is 0 Å². The minimum atomic E-state index is -0.150. The van der Waals surface area contributed by atoms with Crippen molar-refractivity contribution in [2.45, 2.75) is 26.3 Å². The van der Waals surface area contributed by atoms with Gasteiger partial charge in [-0.05, 0) is 13.3 Å². The summed E-state index contributed by atoms with van der Waals surface area (Å²) in [5.41, 5.74) is 6.61. The van der Waals surface area contributed by atoms with Crippen molar-refractivity contribution in [1.82, 2.24) is 19.9 Å². The van der Waals surface area contributed by atoms with Crippen LogP contribution >= 0.6 is 11.3 Å². The molecule has 0 aliphatic carbocycles. The average molecular weight is 361 g/mol. The van der Waals surface area contributed by atoms with E-state index in [9.17, 15) is 4.79 Å². The summed E-state index contributed by atoms with van der Waals surface area (Å²) < 4.78 is 0. The highest BCUT2D eigenvalue weighted by atomic mass is 32.1. The van der Waals surface area contributed by atoms with Gasteiger partial charge >= 0.3 is 0 Å². The highest BCUT2D eigenvalue weighted by Crippen LogP contribution is 2.19. The van der Waals surface area contributed by atoms with Crippen LogP contribution in [0.15, 0.2) is 17.6 Å². The summed E-state index contributed by atoms with van der Waals surface area (Å²) in [6, 6.07) is 1.79. The molecular formula is C16H23N7OS. The summed E-state index contributed by atoms with van der Waals surface area (Å²) in [5, 5.41) is 5.40. The van der Waals surface area contributed by atoms with Gasteiger partial charge in [0.05, 0.1) is 6.04 Å². The van der Waals surface area contributed by atoms with Gasteiger partial charge in [-0.15, -0.1) is 11.3 Å². The Hall–Kier alpha value is -2.26. The monoisotopic (exact) mass is 361 g/mol. The molecule has 0 aromatic carbocycles. The van der Waals surface area contributed by atoms with Crippen molar-refractivity contribution < 1.29 is 4.79 Å². The lowest BCUT2D eigenvalue weighted by Gasteiger charge is -2.38. The van der Waals surface area contributed by atoms with Crippen molar-refractivity contribution >= 4 is 34.1 Å². The quantitative estimate of drug-likeness (QED) is 0.829. The fraction of sp³-hybridized carbons (Fsp3) is 0.500. The Balaban J connectivity index is 1.61. The summed E-state index contributed by atoms with van der Waals surface area (Å²) in [5.74, 6) is 1.16. The predicted molar refractivity (Wildman–Crippen MR) is 99.8 cm³/mol. The van der Waals surface area contributed by atoms with E-state index >= 15 is 0 Å². The molecule has 134 valence electrons. The smallest absolute Gasteiger partial charge is 0.243 e. The summed E-state index contributed by atoms with van der Waals surface area (Å²) in [7, 11) is 0. The average Bonchev–Trinajstić information content (AvgIpc) is 3.08. The number of piperazine rings is 1. The number of rotatable bonds is 5. The minimum Gasteiger partial charge on any atom is -0.368 e. The van der Waals surface area contributed by atoms with Crippen molar-refractivity contribution in [2.24, 2.45) is 0 Å². The molecule has 3 heterocycles. The number of anilines is 3. The van der Waals surface area contributed by atoms with Gasteiger partial charge in [-0.3, -0.25) is 9.69 Å². The number of nitrogen functional groups attached to an aromatic ring is 1. The second-order valence-corrected chi connectivity index (χ2v) is 6.89. The lowest BCUT2D eigenvalue weighted by molar-refractivity contribution is -0.121. The zero-order valence-corrected chi connectivity index (χ0v) is 15.3. The Morgan fingerprint density at radius 3 is 2.72 bits per heavy atom. The number of nitrogens with two attached hydrogens (primary N) is 1. The number of amides is 1. The Kier molecular flexibility index (Phi) is 5.44. The lowest BCUT2D eigenvalue weighted by Crippen LogP contribution is -2.53. The van der Waals surface area contributed by atoms with Crippen LogP contribution in [0.4, 0.5) is 16.9 Å². The van der Waals surface area contributed by atoms with Crippen molar-refractivity contribution in [3.8, 4) is 0 Å². The summed E-state index contributed by atoms with van der Waals surface area (Å²) >= 11 is 1.43. The first-order chi connectivity index (χ1) is 12.1. The van der Waals surface area contributed by atoms with Crippen LogP contribution in [0.25, 0.3) is 0 Å². The van der Waals surface area contributed by atoms with Crippen LogP contribution in [0, 0.1) is 6.92 Å². The van der Waals surface area contributed by atoms with E-state index in [1.54, 1.807) is 6.20 Å². The Morgan fingerprint density at radius 2 is 2.12 bits per heavy atom. The number of carbonyl (C=O) groups excluding carboxylic acids is 1. The molecule has 0 spiro atoms. The van der Waals surface area contributed by atoms with E-state index in [2.05, 4.69) is 30.1 Å². The van der Waals surface area contributed by atoms with Crippen LogP contribution < -0.4 is 16.0 Å². The van der Waals surface area contributed by atoms with Crippen LogP contribution in [-0.4, -0.2) is 58.0 Å². The number of hydrogen-bond donors (Lipinski definition) is 2. The Labute approximate surface area is 151 Å². The molecule has 3 rings (SSSR count). The van der Waals surface area contributed by atoms with Gasteiger partial charge in [0, 0.05) is 49.5 Å². The van der Waals surface area contributed by atoms with Crippen molar-refractivity contribution in [1.29, 1.82) is 0 Å². The van der Waals surface area contributed by atoms with Gasteiger partial charge in [0.1, 0.15) is 5.82 Å². The number of nitrogens with zero attached hydrogens (tertiary/aromatic N) is 5. The third-order valence-electron chi connectivity index (χ3n) is 4.29. The second-order valence-electron chi connectivity index (χ2n) is 6.00. The lowest BCUT2D eigenvalue weighted by atomic mass is 10.1. The van der Waals surface area contributed by atoms with Crippen LogP contribution in [0.2, 0.25) is 0 Å². The number of aromatic nitrogens is 3. The number of hydrogen-bond acceptors (Lipinski definition) is 8. The standard InChI is InChI=1S/C16H23N7OS/c1-3-12(14(24)21-16-18-4-9-25-16)22-5-7-23(8-6-22)13-10-11(2)19-15(17)20-13/h4,9-10,12H,3,5-8H2,1-2H3,(H2,17,19,20)(H,18,21,24). The molecule has 1 saturated heterocycles. The van der Waals surface area contributed by atoms with Gasteiger partial charge in [-0.2, -0.15) is 4.98 Å². The molecule has 3 N–H and O–H groups in total. The van der Waals surface area contributed by atoms with Crippen molar-refractivity contribution in [3.63, 3.8) is 0 Å². The second kappa shape index (κ2) is 7.75. The summed E-state index contributed by atoms with van der Waals surface area (Å²) in [6.45, 7) is 7.15. The van der Waals surface area contributed by atoms with Gasteiger partial charge in [-0.1, -0.05) is 6.92 Å². The van der Waals surface area contributed by atoms with E-state index in [4.69, 9.17) is 5.73 Å². The number of carbonyl (C=O) groups is 1. The Morgan fingerprint density at radius 1 is 1.36 bits per heavy atom. The summed E-state index contributed by atoms with van der Waals surface area (Å²) in [6.07, 6.45) is 2.45. The number of aryl methyl sites for hydroxylation is 1. The largest absolute Gasteiger partial charge is 0.368 e. The predicted octanol–water partition coefficient (Wildman–Crippen LogP) is 1.36. The first kappa shape index (κ1) is 17.6. The fourth-order valence-corrected chi connectivity index (χ4v) is 3.61. The zero-order valence-electron chi connectivity index (χ0n) is 14.5. The maximum atomic E-state index is 12.5. The molecule has 1 atom stereocenters. The number of nitrogens with one attached hydrogen (secondary N) is 1. The SMILES string of the molecule is CCC(C(=O)Nc1nccs1)N1CCN(c2cc(C)nc(N)n2)CC1. The van der Waals surface area contributed by atoms with Gasteiger partial charge in [0.15, 0.2) is 5.13 Å². The highest BCUT2D eigenvalue weighted by molar-refractivity contribution is 7.13. The van der Waals surface area contributed by atoms with Crippen LogP contribution in [0.1, 0.15) is 19.0 Å². The molecule has 1 amide bonds. The Bertz CT molecular complexity index is 693. The molecule has 1 aliphatic rings. The van der Waals surface area contributed by atoms with Crippen molar-refractivity contribution in [2.75, 3.05) is 42.1 Å². The molecule has 9 heteroatoms. The third-order valence-corrected chi connectivity index (χ3v) is 4.98. The molecule has 0 saturated carbocycles. The van der Waals surface area contributed by atoms with E-state index in [-0.39, 0.29) is 11.9 Å². The maximum absolute atomic E-state index is 12.5. The van der Waals surface area contributed by atoms with E-state index < -0.39 is 0 Å². The van der Waals surface area contributed by atoms with Gasteiger partial charge in [-0.25, -0.2) is 9.97 Å². The molecule has 0 radical (unpaired) electrons. The molecular weight excluding hydrogens is 338 g/mol. The van der Waals surface area contributed by atoms with E-state index in [1.807, 2.05) is 25.3 Å². The fourth-order valence-electron chi connectivity index (χ4n) is 3.08. The molecule has 2 aromatic rings. The van der Waals surface area contributed by atoms with Crippen LogP contribution in [-0.2, 0) is 4.79 Å². The van der Waals surface area contributed by atoms with Crippen molar-refractivity contribution in [3.05, 3.63) is 23.3 Å². The maximum Gasteiger partial charge on any atom is 0.243 e. The van der Waals surface area contributed by atoms with Gasteiger partial charge in [0.25, 0.3) is 0 Å². The van der Waals surface area contributed by atoms with E-state index in [1.165, 1.54) is 11.3 Å². The number of thiazole rings is 1. The first-order valence-electron chi connectivity index (χ1n) is 8.37. The molecule has 2 aromatic heterocycles. The molecule has 0 bridgehead atoms. The highest BCUT2D eigenvalue weighted by Gasteiger charge is 2.28. The molecule has 25 heavy (non-hydrogen) atoms. The topological polar surface area (TPSA) is 100 Å².